The van der Waals surface area contributed by atoms with Gasteiger partial charge in [0.2, 0.25) is 5.88 Å². The smallest absolute Gasteiger partial charge is 0.410 e. The Morgan fingerprint density at radius 3 is 2.64 bits per heavy atom. The largest absolute Gasteiger partial charge is 0.481 e. The molecule has 5 rings (SSSR count). The number of nitrogens with two attached hydrogens (primary N) is 1. The van der Waals surface area contributed by atoms with Gasteiger partial charge in [-0.3, -0.25) is 0 Å². The van der Waals surface area contributed by atoms with Gasteiger partial charge in [-0.2, -0.15) is 5.10 Å². The fraction of sp³-hybridized carbons (Fsp3) is 0.375. The SMILES string of the molecule is COc1cc(C)c(-c2cc3c(NCC4CCN(C(=O)OC(C)(C)C)CC4)c(/C(N)=N/c4cc(F)ccc4Cl)cnn3c2)cn1. The van der Waals surface area contributed by atoms with E-state index in [0.29, 0.717) is 37.0 Å². The highest BCUT2D eigenvalue weighted by atomic mass is 35.5. The van der Waals surface area contributed by atoms with E-state index in [0.717, 1.165) is 40.7 Å². The number of amidine groups is 1. The quantitative estimate of drug-likeness (QED) is 0.176. The molecular weight excluding hydrogens is 585 g/mol. The van der Waals surface area contributed by atoms with Gasteiger partial charge >= 0.3 is 6.09 Å². The van der Waals surface area contributed by atoms with Crippen molar-refractivity contribution in [1.82, 2.24) is 19.5 Å². The van der Waals surface area contributed by atoms with E-state index in [9.17, 15) is 9.18 Å². The van der Waals surface area contributed by atoms with Crippen LogP contribution in [-0.4, -0.2) is 63.8 Å². The highest BCUT2D eigenvalue weighted by Crippen LogP contribution is 2.33. The van der Waals surface area contributed by atoms with Gasteiger partial charge in [-0.25, -0.2) is 23.7 Å². The predicted octanol–water partition coefficient (Wildman–Crippen LogP) is 6.60. The number of fused-ring (bicyclic) bond motifs is 1. The summed E-state index contributed by atoms with van der Waals surface area (Å²) in [7, 11) is 1.59. The molecule has 1 aliphatic rings. The summed E-state index contributed by atoms with van der Waals surface area (Å²) >= 11 is 6.29. The Labute approximate surface area is 261 Å². The van der Waals surface area contributed by atoms with Crippen molar-refractivity contribution in [2.24, 2.45) is 16.6 Å². The molecule has 232 valence electrons. The van der Waals surface area contributed by atoms with E-state index in [2.05, 4.69) is 20.4 Å². The molecule has 12 heteroatoms. The van der Waals surface area contributed by atoms with Gasteiger partial charge in [0.05, 0.1) is 40.8 Å². The van der Waals surface area contributed by atoms with E-state index in [-0.39, 0.29) is 22.6 Å². The number of aromatic nitrogens is 3. The highest BCUT2D eigenvalue weighted by Gasteiger charge is 2.27. The summed E-state index contributed by atoms with van der Waals surface area (Å²) < 4.78 is 26.6. The lowest BCUT2D eigenvalue weighted by Gasteiger charge is -2.33. The lowest BCUT2D eigenvalue weighted by atomic mass is 9.96. The van der Waals surface area contributed by atoms with Crippen LogP contribution in [-0.2, 0) is 4.74 Å². The van der Waals surface area contributed by atoms with E-state index in [1.165, 1.54) is 18.2 Å². The minimum Gasteiger partial charge on any atom is -0.481 e. The predicted molar refractivity (Wildman–Crippen MR) is 171 cm³/mol. The summed E-state index contributed by atoms with van der Waals surface area (Å²) in [6, 6.07) is 7.85. The molecule has 0 radical (unpaired) electrons. The van der Waals surface area contributed by atoms with Crippen molar-refractivity contribution in [3.05, 3.63) is 70.9 Å². The van der Waals surface area contributed by atoms with Gasteiger partial charge in [-0.05, 0) is 70.2 Å². The number of piperidine rings is 1. The molecule has 1 aliphatic heterocycles. The zero-order valence-corrected chi connectivity index (χ0v) is 26.3. The van der Waals surface area contributed by atoms with Crippen LogP contribution in [0.15, 0.2) is 53.9 Å². The van der Waals surface area contributed by atoms with Crippen molar-refractivity contribution in [2.75, 3.05) is 32.1 Å². The first-order valence-corrected chi connectivity index (χ1v) is 14.8. The van der Waals surface area contributed by atoms with E-state index in [4.69, 9.17) is 26.8 Å². The second kappa shape index (κ2) is 12.7. The molecule has 3 N–H and O–H groups in total. The topological polar surface area (TPSA) is 119 Å². The number of methoxy groups -OCH3 is 1. The second-order valence-electron chi connectivity index (χ2n) is 11.9. The average Bonchev–Trinajstić information content (AvgIpc) is 3.41. The zero-order valence-electron chi connectivity index (χ0n) is 25.5. The minimum atomic E-state index is -0.535. The van der Waals surface area contributed by atoms with E-state index < -0.39 is 11.4 Å². The third-order valence-corrected chi connectivity index (χ3v) is 7.82. The number of aryl methyl sites for hydroxylation is 1. The molecular formula is C32H37ClFN7O3. The van der Waals surface area contributed by atoms with Crippen LogP contribution in [0.4, 0.5) is 20.6 Å². The molecule has 0 unspecified atom stereocenters. The first-order valence-electron chi connectivity index (χ1n) is 14.5. The highest BCUT2D eigenvalue weighted by molar-refractivity contribution is 6.33. The number of benzene rings is 1. The number of carbonyl (C=O) groups is 1. The number of hydrogen-bond acceptors (Lipinski definition) is 7. The fourth-order valence-corrected chi connectivity index (χ4v) is 5.34. The number of rotatable bonds is 7. The number of pyridine rings is 1. The lowest BCUT2D eigenvalue weighted by Crippen LogP contribution is -2.42. The molecule has 4 aromatic rings. The normalized spacial score (nSPS) is 14.6. The Morgan fingerprint density at radius 2 is 1.95 bits per heavy atom. The van der Waals surface area contributed by atoms with Crippen LogP contribution in [0.3, 0.4) is 0 Å². The number of anilines is 1. The van der Waals surface area contributed by atoms with Gasteiger partial charge in [0, 0.05) is 55.3 Å². The second-order valence-corrected chi connectivity index (χ2v) is 12.3. The number of nitrogens with one attached hydrogen (secondary N) is 1. The maximum Gasteiger partial charge on any atom is 0.410 e. The van der Waals surface area contributed by atoms with E-state index in [1.807, 2.05) is 46.0 Å². The van der Waals surface area contributed by atoms with E-state index >= 15 is 0 Å². The van der Waals surface area contributed by atoms with Crippen LogP contribution < -0.4 is 15.8 Å². The van der Waals surface area contributed by atoms with Crippen LogP contribution in [0.5, 0.6) is 5.88 Å². The number of ether oxygens (including phenoxy) is 2. The molecule has 1 aromatic carbocycles. The van der Waals surface area contributed by atoms with Crippen LogP contribution in [0.1, 0.15) is 44.7 Å². The third-order valence-electron chi connectivity index (χ3n) is 7.50. The fourth-order valence-electron chi connectivity index (χ4n) is 5.18. The Hall–Kier alpha value is -4.38. The molecule has 4 heterocycles. The van der Waals surface area contributed by atoms with Crippen molar-refractivity contribution >= 4 is 40.4 Å². The average molecular weight is 622 g/mol. The first kappa shape index (κ1) is 31.1. The maximum atomic E-state index is 14.0. The monoisotopic (exact) mass is 621 g/mol. The van der Waals surface area contributed by atoms with Crippen LogP contribution in [0.25, 0.3) is 16.6 Å². The zero-order chi connectivity index (χ0) is 31.6. The lowest BCUT2D eigenvalue weighted by molar-refractivity contribution is 0.0188. The molecule has 0 atom stereocenters. The van der Waals surface area contributed by atoms with Gasteiger partial charge in [0.1, 0.15) is 17.3 Å². The molecule has 0 bridgehead atoms. The number of hydrogen-bond donors (Lipinski definition) is 2. The molecule has 0 aliphatic carbocycles. The van der Waals surface area contributed by atoms with Crippen LogP contribution in [0, 0.1) is 18.7 Å². The Bertz CT molecular complexity index is 1710. The number of amides is 1. The van der Waals surface area contributed by atoms with Crippen molar-refractivity contribution < 1.29 is 18.7 Å². The summed E-state index contributed by atoms with van der Waals surface area (Å²) in [5.41, 5.74) is 11.1. The number of carbonyl (C=O) groups excluding carboxylic acids is 1. The number of likely N-dealkylation sites (tertiary alicyclic amines) is 1. The van der Waals surface area contributed by atoms with Gasteiger partial charge in [-0.15, -0.1) is 0 Å². The van der Waals surface area contributed by atoms with Crippen molar-refractivity contribution in [3.8, 4) is 17.0 Å². The Kier molecular flexibility index (Phi) is 8.96. The minimum absolute atomic E-state index is 0.139. The molecule has 3 aromatic heterocycles. The molecule has 1 saturated heterocycles. The van der Waals surface area contributed by atoms with Gasteiger partial charge < -0.3 is 25.4 Å². The molecule has 1 fully saturated rings. The standard InChI is InChI=1S/C32H37ClFN7O3/c1-19-12-28(43-5)36-16-23(19)21-13-27-29(37-15-20-8-10-40(11-9-20)31(42)44-32(2,3)4)24(17-38-41(27)18-21)30(35)39-26-14-22(34)6-7-25(26)33/h6-7,12-14,16-18,20,37H,8-11,15H2,1-5H3,(H2,35,39). The molecule has 44 heavy (non-hydrogen) atoms. The molecule has 0 saturated carbocycles. The number of halogens is 2. The first-order chi connectivity index (χ1) is 20.9. The van der Waals surface area contributed by atoms with Crippen LogP contribution >= 0.6 is 11.6 Å². The summed E-state index contributed by atoms with van der Waals surface area (Å²) in [5.74, 6) is 0.508. The number of nitrogens with zero attached hydrogens (tertiary/aromatic N) is 5. The summed E-state index contributed by atoms with van der Waals surface area (Å²) in [4.78, 5) is 23.2. The van der Waals surface area contributed by atoms with Gasteiger partial charge in [0.15, 0.2) is 0 Å². The number of aliphatic imine (C=N–C) groups is 1. The Morgan fingerprint density at radius 1 is 1.20 bits per heavy atom. The van der Waals surface area contributed by atoms with Crippen molar-refractivity contribution in [1.29, 1.82) is 0 Å². The summed E-state index contributed by atoms with van der Waals surface area (Å²) in [6.07, 6.45) is 6.68. The van der Waals surface area contributed by atoms with Gasteiger partial charge in [0.25, 0.3) is 0 Å². The maximum absolute atomic E-state index is 14.0. The summed E-state index contributed by atoms with van der Waals surface area (Å²) in [6.45, 7) is 9.45. The van der Waals surface area contributed by atoms with Crippen molar-refractivity contribution in [3.63, 3.8) is 0 Å². The van der Waals surface area contributed by atoms with Crippen molar-refractivity contribution in [2.45, 2.75) is 46.1 Å². The Balaban J connectivity index is 1.46. The third kappa shape index (κ3) is 7.05. The van der Waals surface area contributed by atoms with Crippen LogP contribution in [0.2, 0.25) is 5.02 Å². The molecule has 1 amide bonds. The summed E-state index contributed by atoms with van der Waals surface area (Å²) in [5, 5.41) is 8.49. The molecule has 0 spiro atoms. The molecule has 10 nitrogen and oxygen atoms in total. The van der Waals surface area contributed by atoms with E-state index in [1.54, 1.807) is 28.9 Å². The van der Waals surface area contributed by atoms with Gasteiger partial charge in [-0.1, -0.05) is 11.6 Å².